The van der Waals surface area contributed by atoms with Gasteiger partial charge in [-0.05, 0) is 54.6 Å². The van der Waals surface area contributed by atoms with E-state index in [9.17, 15) is 9.18 Å². The summed E-state index contributed by atoms with van der Waals surface area (Å²) >= 11 is 0. The number of benzene rings is 2. The number of carbonyl (C=O) groups is 1. The van der Waals surface area contributed by atoms with E-state index in [1.165, 1.54) is 23.8 Å². The van der Waals surface area contributed by atoms with Gasteiger partial charge in [0.1, 0.15) is 17.7 Å². The van der Waals surface area contributed by atoms with Gasteiger partial charge in [0.2, 0.25) is 5.91 Å². The summed E-state index contributed by atoms with van der Waals surface area (Å²) in [6.45, 7) is 2.92. The lowest BCUT2D eigenvalue weighted by Crippen LogP contribution is -2.41. The van der Waals surface area contributed by atoms with E-state index in [4.69, 9.17) is 9.15 Å². The van der Waals surface area contributed by atoms with Crippen molar-refractivity contribution in [3.05, 3.63) is 95.7 Å². The maximum Gasteiger partial charge on any atom is 0.246 e. The van der Waals surface area contributed by atoms with Crippen LogP contribution in [0.3, 0.4) is 0 Å². The van der Waals surface area contributed by atoms with Crippen molar-refractivity contribution in [1.82, 2.24) is 9.80 Å². The SMILES string of the molecule is CN(Cc1ccoc1)Cc1cccc(OC2CCN(C(=O)/C=C/c3cccc(F)c3)CC2)c1. The van der Waals surface area contributed by atoms with Gasteiger partial charge in [-0.1, -0.05) is 24.3 Å². The minimum absolute atomic E-state index is 0.0552. The number of amides is 1. The maximum atomic E-state index is 13.3. The fraction of sp³-hybridized carbons (Fsp3) is 0.296. The Morgan fingerprint density at radius 3 is 2.67 bits per heavy atom. The number of hydrogen-bond acceptors (Lipinski definition) is 4. The molecule has 0 radical (unpaired) electrons. The first-order valence-electron chi connectivity index (χ1n) is 11.2. The molecule has 1 aliphatic heterocycles. The van der Waals surface area contributed by atoms with E-state index < -0.39 is 0 Å². The zero-order chi connectivity index (χ0) is 23.0. The molecule has 1 aromatic heterocycles. The average molecular weight is 449 g/mol. The van der Waals surface area contributed by atoms with Gasteiger partial charge in [-0.15, -0.1) is 0 Å². The summed E-state index contributed by atoms with van der Waals surface area (Å²) in [7, 11) is 2.08. The molecule has 0 N–H and O–H groups in total. The first-order valence-corrected chi connectivity index (χ1v) is 11.2. The summed E-state index contributed by atoms with van der Waals surface area (Å²) in [6, 6.07) is 16.4. The molecule has 5 nitrogen and oxygen atoms in total. The van der Waals surface area contributed by atoms with Gasteiger partial charge in [-0.3, -0.25) is 9.69 Å². The van der Waals surface area contributed by atoms with Crippen molar-refractivity contribution < 1.29 is 18.3 Å². The molecular weight excluding hydrogens is 419 g/mol. The highest BCUT2D eigenvalue weighted by Gasteiger charge is 2.23. The minimum atomic E-state index is -0.309. The van der Waals surface area contributed by atoms with Crippen LogP contribution in [0.25, 0.3) is 6.08 Å². The number of ether oxygens (including phenoxy) is 1. The Morgan fingerprint density at radius 2 is 1.91 bits per heavy atom. The molecule has 2 aromatic carbocycles. The Hall–Kier alpha value is -3.38. The summed E-state index contributed by atoms with van der Waals surface area (Å²) in [5.74, 6) is 0.497. The molecule has 0 saturated carbocycles. The van der Waals surface area contributed by atoms with E-state index >= 15 is 0 Å². The van der Waals surface area contributed by atoms with Crippen molar-refractivity contribution in [2.24, 2.45) is 0 Å². The normalized spacial score (nSPS) is 14.8. The predicted octanol–water partition coefficient (Wildman–Crippen LogP) is 5.13. The van der Waals surface area contributed by atoms with Gasteiger partial charge < -0.3 is 14.1 Å². The molecule has 0 bridgehead atoms. The number of carbonyl (C=O) groups excluding carboxylic acids is 1. The largest absolute Gasteiger partial charge is 0.490 e. The molecule has 172 valence electrons. The Bertz CT molecular complexity index is 1070. The topological polar surface area (TPSA) is 45.9 Å². The molecule has 1 amide bonds. The van der Waals surface area contributed by atoms with Crippen molar-refractivity contribution in [2.45, 2.75) is 32.0 Å². The molecule has 1 saturated heterocycles. The van der Waals surface area contributed by atoms with E-state index in [-0.39, 0.29) is 17.8 Å². The van der Waals surface area contributed by atoms with Crippen molar-refractivity contribution in [2.75, 3.05) is 20.1 Å². The Kier molecular flexibility index (Phi) is 7.58. The van der Waals surface area contributed by atoms with Crippen molar-refractivity contribution in [1.29, 1.82) is 0 Å². The second-order valence-corrected chi connectivity index (χ2v) is 8.48. The lowest BCUT2D eigenvalue weighted by atomic mass is 10.1. The van der Waals surface area contributed by atoms with Gasteiger partial charge in [0, 0.05) is 50.7 Å². The van der Waals surface area contributed by atoms with Crippen molar-refractivity contribution in [3.8, 4) is 5.75 Å². The summed E-state index contributed by atoms with van der Waals surface area (Å²) < 4.78 is 24.6. The van der Waals surface area contributed by atoms with Crippen LogP contribution in [0.15, 0.2) is 77.6 Å². The standard InChI is InChI=1S/C27H29FN2O3/c1-29(19-23-12-15-32-20-23)18-22-5-3-7-26(17-22)33-25-10-13-30(14-11-25)27(31)9-8-21-4-2-6-24(28)16-21/h2-9,12,15-17,20,25H,10-11,13-14,18-19H2,1H3/b9-8+. The first-order chi connectivity index (χ1) is 16.0. The van der Waals surface area contributed by atoms with E-state index in [1.807, 2.05) is 23.1 Å². The van der Waals surface area contributed by atoms with Crippen LogP contribution in [0.5, 0.6) is 5.75 Å². The molecule has 3 aromatic rings. The number of likely N-dealkylation sites (tertiary alicyclic amines) is 1. The molecule has 0 atom stereocenters. The average Bonchev–Trinajstić information content (AvgIpc) is 3.31. The van der Waals surface area contributed by atoms with E-state index in [0.29, 0.717) is 18.7 Å². The van der Waals surface area contributed by atoms with Crippen LogP contribution >= 0.6 is 0 Å². The number of halogens is 1. The van der Waals surface area contributed by atoms with Gasteiger partial charge in [-0.25, -0.2) is 4.39 Å². The fourth-order valence-corrected chi connectivity index (χ4v) is 4.05. The fourth-order valence-electron chi connectivity index (χ4n) is 4.05. The minimum Gasteiger partial charge on any atom is -0.490 e. The summed E-state index contributed by atoms with van der Waals surface area (Å²) in [6.07, 6.45) is 8.28. The van der Waals surface area contributed by atoms with Crippen LogP contribution in [-0.2, 0) is 17.9 Å². The molecule has 2 heterocycles. The zero-order valence-corrected chi connectivity index (χ0v) is 18.8. The number of furan rings is 1. The highest BCUT2D eigenvalue weighted by atomic mass is 19.1. The van der Waals surface area contributed by atoms with E-state index in [1.54, 1.807) is 30.7 Å². The van der Waals surface area contributed by atoms with Gasteiger partial charge in [0.15, 0.2) is 0 Å². The quantitative estimate of drug-likeness (QED) is 0.448. The Morgan fingerprint density at radius 1 is 1.12 bits per heavy atom. The molecule has 33 heavy (non-hydrogen) atoms. The number of rotatable bonds is 8. The molecular formula is C27H29FN2O3. The molecule has 6 heteroatoms. The second kappa shape index (κ2) is 11.0. The molecule has 4 rings (SSSR count). The molecule has 0 aliphatic carbocycles. The van der Waals surface area contributed by atoms with Crippen LogP contribution < -0.4 is 4.74 Å². The number of hydrogen-bond donors (Lipinski definition) is 0. The predicted molar refractivity (Wildman–Crippen MR) is 126 cm³/mol. The van der Waals surface area contributed by atoms with E-state index in [2.05, 4.69) is 24.1 Å². The first kappa shape index (κ1) is 22.8. The van der Waals surface area contributed by atoms with Crippen molar-refractivity contribution >= 4 is 12.0 Å². The molecule has 1 aliphatic rings. The highest BCUT2D eigenvalue weighted by Crippen LogP contribution is 2.21. The van der Waals surface area contributed by atoms with Crippen molar-refractivity contribution in [3.63, 3.8) is 0 Å². The lowest BCUT2D eigenvalue weighted by Gasteiger charge is -2.31. The molecule has 1 fully saturated rings. The van der Waals surface area contributed by atoms with E-state index in [0.717, 1.165) is 37.2 Å². The third-order valence-electron chi connectivity index (χ3n) is 5.71. The second-order valence-electron chi connectivity index (χ2n) is 8.48. The Labute approximate surface area is 194 Å². The third-order valence-corrected chi connectivity index (χ3v) is 5.71. The smallest absolute Gasteiger partial charge is 0.246 e. The Balaban J connectivity index is 1.25. The van der Waals surface area contributed by atoms with Crippen LogP contribution in [0.1, 0.15) is 29.5 Å². The van der Waals surface area contributed by atoms with Crippen LogP contribution in [0, 0.1) is 5.82 Å². The molecule has 0 spiro atoms. The number of piperidine rings is 1. The highest BCUT2D eigenvalue weighted by molar-refractivity contribution is 5.91. The van der Waals surface area contributed by atoms with Crippen LogP contribution in [-0.4, -0.2) is 41.9 Å². The maximum absolute atomic E-state index is 13.3. The molecule has 0 unspecified atom stereocenters. The third kappa shape index (κ3) is 6.80. The number of nitrogens with zero attached hydrogens (tertiary/aromatic N) is 2. The zero-order valence-electron chi connectivity index (χ0n) is 18.8. The van der Waals surface area contributed by atoms with Crippen LogP contribution in [0.4, 0.5) is 4.39 Å². The van der Waals surface area contributed by atoms with Crippen LogP contribution in [0.2, 0.25) is 0 Å². The van der Waals surface area contributed by atoms with Gasteiger partial charge >= 0.3 is 0 Å². The van der Waals surface area contributed by atoms with Gasteiger partial charge in [0.25, 0.3) is 0 Å². The summed E-state index contributed by atoms with van der Waals surface area (Å²) in [4.78, 5) is 16.5. The summed E-state index contributed by atoms with van der Waals surface area (Å²) in [5.41, 5.74) is 3.02. The summed E-state index contributed by atoms with van der Waals surface area (Å²) in [5, 5.41) is 0. The lowest BCUT2D eigenvalue weighted by molar-refractivity contribution is -0.127. The van der Waals surface area contributed by atoms with Gasteiger partial charge in [-0.2, -0.15) is 0 Å². The monoisotopic (exact) mass is 448 g/mol. The van der Waals surface area contributed by atoms with Gasteiger partial charge in [0.05, 0.1) is 12.5 Å².